The predicted molar refractivity (Wildman–Crippen MR) is 82.4 cm³/mol. The van der Waals surface area contributed by atoms with E-state index in [-0.39, 0.29) is 6.03 Å². The highest BCUT2D eigenvalue weighted by atomic mass is 16.5. The molecule has 3 rings (SSSR count). The maximum atomic E-state index is 11.9. The zero-order valence-corrected chi connectivity index (χ0v) is 13.1. The summed E-state index contributed by atoms with van der Waals surface area (Å²) in [5, 5.41) is 6.87. The van der Waals surface area contributed by atoms with Crippen molar-refractivity contribution in [3.05, 3.63) is 24.4 Å². The summed E-state index contributed by atoms with van der Waals surface area (Å²) in [7, 11) is 0. The van der Waals surface area contributed by atoms with Crippen LogP contribution < -0.4 is 5.32 Å². The number of aromatic nitrogens is 4. The Bertz CT molecular complexity index is 644. The van der Waals surface area contributed by atoms with E-state index in [0.717, 1.165) is 25.9 Å². The van der Waals surface area contributed by atoms with Crippen molar-refractivity contribution < 1.29 is 9.32 Å². The van der Waals surface area contributed by atoms with Gasteiger partial charge in [0.1, 0.15) is 5.69 Å². The molecule has 1 aliphatic rings. The molecule has 2 amide bonds. The average molecular weight is 316 g/mol. The first-order chi connectivity index (χ1) is 11.3. The Morgan fingerprint density at radius 2 is 2.39 bits per heavy atom. The molecule has 1 atom stereocenters. The molecule has 23 heavy (non-hydrogen) atoms. The fourth-order valence-electron chi connectivity index (χ4n) is 2.79. The number of likely N-dealkylation sites (tertiary alicyclic amines) is 1. The molecule has 0 saturated carbocycles. The first-order valence-corrected chi connectivity index (χ1v) is 7.88. The third-order valence-electron chi connectivity index (χ3n) is 3.86. The van der Waals surface area contributed by atoms with Gasteiger partial charge in [-0.25, -0.2) is 9.78 Å². The van der Waals surface area contributed by atoms with Crippen LogP contribution in [0.3, 0.4) is 0 Å². The van der Waals surface area contributed by atoms with E-state index >= 15 is 0 Å². The Morgan fingerprint density at radius 1 is 1.48 bits per heavy atom. The van der Waals surface area contributed by atoms with Gasteiger partial charge in [-0.15, -0.1) is 0 Å². The maximum absolute atomic E-state index is 11.9. The lowest BCUT2D eigenvalue weighted by Gasteiger charge is -2.32. The van der Waals surface area contributed by atoms with Crippen molar-refractivity contribution in [2.24, 2.45) is 5.92 Å². The van der Waals surface area contributed by atoms with Crippen molar-refractivity contribution in [3.8, 4) is 11.6 Å². The standard InChI is InChI=1S/C15H20N6O2/c1-2-17-15(22)21-7-3-4-11(10-21)8-13-19-14(23-20-13)12-9-16-5-6-18-12/h5-6,9,11H,2-4,7-8,10H2,1H3,(H,17,22). The Kier molecular flexibility index (Phi) is 4.80. The summed E-state index contributed by atoms with van der Waals surface area (Å²) < 4.78 is 5.25. The fraction of sp³-hybridized carbons (Fsp3) is 0.533. The van der Waals surface area contributed by atoms with Crippen LogP contribution in [0.2, 0.25) is 0 Å². The van der Waals surface area contributed by atoms with Crippen LogP contribution in [0.1, 0.15) is 25.6 Å². The molecular weight excluding hydrogens is 296 g/mol. The van der Waals surface area contributed by atoms with Gasteiger partial charge in [-0.2, -0.15) is 4.98 Å². The van der Waals surface area contributed by atoms with Gasteiger partial charge in [-0.3, -0.25) is 4.98 Å². The lowest BCUT2D eigenvalue weighted by molar-refractivity contribution is 0.165. The molecule has 1 aliphatic heterocycles. The van der Waals surface area contributed by atoms with Crippen LogP contribution in [0.4, 0.5) is 4.79 Å². The molecule has 0 aromatic carbocycles. The smallest absolute Gasteiger partial charge is 0.317 e. The van der Waals surface area contributed by atoms with Crippen LogP contribution in [0.25, 0.3) is 11.6 Å². The van der Waals surface area contributed by atoms with Crippen LogP contribution in [0.5, 0.6) is 0 Å². The van der Waals surface area contributed by atoms with Gasteiger partial charge in [-0.05, 0) is 25.7 Å². The zero-order valence-electron chi connectivity index (χ0n) is 13.1. The Labute approximate surface area is 134 Å². The zero-order chi connectivity index (χ0) is 16.1. The second-order valence-corrected chi connectivity index (χ2v) is 5.60. The average Bonchev–Trinajstić information content (AvgIpc) is 3.05. The second kappa shape index (κ2) is 7.17. The lowest BCUT2D eigenvalue weighted by Crippen LogP contribution is -2.45. The number of carbonyl (C=O) groups is 1. The van der Waals surface area contributed by atoms with Gasteiger partial charge in [0, 0.05) is 38.4 Å². The summed E-state index contributed by atoms with van der Waals surface area (Å²) in [5.41, 5.74) is 0.568. The quantitative estimate of drug-likeness (QED) is 0.918. The molecule has 2 aromatic rings. The van der Waals surface area contributed by atoms with E-state index in [1.807, 2.05) is 11.8 Å². The Balaban J connectivity index is 1.61. The van der Waals surface area contributed by atoms with E-state index < -0.39 is 0 Å². The highest BCUT2D eigenvalue weighted by Gasteiger charge is 2.25. The van der Waals surface area contributed by atoms with Gasteiger partial charge in [0.05, 0.1) is 6.20 Å². The Hall–Kier alpha value is -2.51. The molecule has 1 saturated heterocycles. The number of piperidine rings is 1. The van der Waals surface area contributed by atoms with Crippen LogP contribution in [0.15, 0.2) is 23.1 Å². The molecule has 0 aliphatic carbocycles. The highest BCUT2D eigenvalue weighted by molar-refractivity contribution is 5.74. The molecule has 8 nitrogen and oxygen atoms in total. The predicted octanol–water partition coefficient (Wildman–Crippen LogP) is 1.51. The van der Waals surface area contributed by atoms with Gasteiger partial charge in [0.15, 0.2) is 5.82 Å². The van der Waals surface area contributed by atoms with Gasteiger partial charge >= 0.3 is 6.03 Å². The number of nitrogens with zero attached hydrogens (tertiary/aromatic N) is 5. The van der Waals surface area contributed by atoms with E-state index in [1.165, 1.54) is 0 Å². The molecule has 1 unspecified atom stereocenters. The molecule has 1 fully saturated rings. The second-order valence-electron chi connectivity index (χ2n) is 5.60. The number of hydrogen-bond donors (Lipinski definition) is 1. The van der Waals surface area contributed by atoms with E-state index in [0.29, 0.717) is 36.3 Å². The number of carbonyl (C=O) groups excluding carboxylic acids is 1. The molecule has 122 valence electrons. The number of nitrogens with one attached hydrogen (secondary N) is 1. The minimum Gasteiger partial charge on any atom is -0.338 e. The van der Waals surface area contributed by atoms with Gasteiger partial charge in [0.25, 0.3) is 5.89 Å². The third-order valence-corrected chi connectivity index (χ3v) is 3.86. The maximum Gasteiger partial charge on any atom is 0.317 e. The van der Waals surface area contributed by atoms with Crippen molar-refractivity contribution in [1.82, 2.24) is 30.3 Å². The summed E-state index contributed by atoms with van der Waals surface area (Å²) in [6.07, 6.45) is 7.53. The minimum atomic E-state index is 0.00515. The molecule has 0 radical (unpaired) electrons. The van der Waals surface area contributed by atoms with Gasteiger partial charge < -0.3 is 14.7 Å². The van der Waals surface area contributed by atoms with Crippen LogP contribution in [-0.4, -0.2) is 50.7 Å². The largest absolute Gasteiger partial charge is 0.338 e. The number of amides is 2. The van der Waals surface area contributed by atoms with Crippen molar-refractivity contribution >= 4 is 6.03 Å². The molecule has 3 heterocycles. The van der Waals surface area contributed by atoms with Gasteiger partial charge in [-0.1, -0.05) is 5.16 Å². The first-order valence-electron chi connectivity index (χ1n) is 7.88. The SMILES string of the molecule is CCNC(=O)N1CCCC(Cc2noc(-c3cnccn3)n2)C1. The van der Waals surface area contributed by atoms with E-state index in [4.69, 9.17) is 4.52 Å². The number of urea groups is 1. The fourth-order valence-corrected chi connectivity index (χ4v) is 2.79. The summed E-state index contributed by atoms with van der Waals surface area (Å²) in [6.45, 7) is 4.10. The van der Waals surface area contributed by atoms with E-state index in [1.54, 1.807) is 18.6 Å². The monoisotopic (exact) mass is 316 g/mol. The highest BCUT2D eigenvalue weighted by Crippen LogP contribution is 2.21. The van der Waals surface area contributed by atoms with Gasteiger partial charge in [0.2, 0.25) is 0 Å². The molecule has 8 heteroatoms. The van der Waals surface area contributed by atoms with Crippen molar-refractivity contribution in [2.45, 2.75) is 26.2 Å². The summed E-state index contributed by atoms with van der Waals surface area (Å²) in [6, 6.07) is 0.00515. The third kappa shape index (κ3) is 3.82. The molecule has 2 aromatic heterocycles. The summed E-state index contributed by atoms with van der Waals surface area (Å²) in [4.78, 5) is 26.3. The normalized spacial score (nSPS) is 18.0. The summed E-state index contributed by atoms with van der Waals surface area (Å²) in [5.74, 6) is 1.37. The van der Waals surface area contributed by atoms with E-state index in [9.17, 15) is 4.79 Å². The lowest BCUT2D eigenvalue weighted by atomic mass is 9.95. The first kappa shape index (κ1) is 15.4. The topological polar surface area (TPSA) is 97.0 Å². The Morgan fingerprint density at radius 3 is 3.17 bits per heavy atom. The molecule has 1 N–H and O–H groups in total. The van der Waals surface area contributed by atoms with Crippen LogP contribution in [-0.2, 0) is 6.42 Å². The molecule has 0 bridgehead atoms. The number of hydrogen-bond acceptors (Lipinski definition) is 6. The van der Waals surface area contributed by atoms with Crippen LogP contribution in [0, 0.1) is 5.92 Å². The minimum absolute atomic E-state index is 0.00515. The number of rotatable bonds is 4. The van der Waals surface area contributed by atoms with Crippen molar-refractivity contribution in [3.63, 3.8) is 0 Å². The molecular formula is C15H20N6O2. The van der Waals surface area contributed by atoms with Crippen molar-refractivity contribution in [1.29, 1.82) is 0 Å². The molecule has 0 spiro atoms. The summed E-state index contributed by atoms with van der Waals surface area (Å²) >= 11 is 0. The van der Waals surface area contributed by atoms with E-state index in [2.05, 4.69) is 25.4 Å². The van der Waals surface area contributed by atoms with Crippen LogP contribution >= 0.6 is 0 Å². The van der Waals surface area contributed by atoms with Crippen molar-refractivity contribution in [2.75, 3.05) is 19.6 Å².